The van der Waals surface area contributed by atoms with Crippen LogP contribution in [0, 0.1) is 5.92 Å². The fourth-order valence-corrected chi connectivity index (χ4v) is 3.31. The smallest absolute Gasteiger partial charge is 0.408 e. The van der Waals surface area contributed by atoms with Gasteiger partial charge in [-0.2, -0.15) is 0 Å². The molecule has 32 heavy (non-hydrogen) atoms. The average Bonchev–Trinajstić information content (AvgIpc) is 2.72. The second-order valence-electron chi connectivity index (χ2n) is 8.84. The number of hydrogen-bond donors (Lipinski definition) is 1. The first-order chi connectivity index (χ1) is 15.0. The molecule has 0 saturated carbocycles. The van der Waals surface area contributed by atoms with Gasteiger partial charge in [-0.25, -0.2) is 9.59 Å². The Kier molecular flexibility index (Phi) is 9.26. The summed E-state index contributed by atoms with van der Waals surface area (Å²) in [5.41, 5.74) is 0.370. The Morgan fingerprint density at radius 1 is 1.19 bits per heavy atom. The highest BCUT2D eigenvalue weighted by Crippen LogP contribution is 2.23. The number of ketones is 1. The van der Waals surface area contributed by atoms with Crippen LogP contribution in [0.5, 0.6) is 0 Å². The van der Waals surface area contributed by atoms with Crippen LogP contribution in [0.15, 0.2) is 42.7 Å². The number of benzene rings is 1. The fourth-order valence-electron chi connectivity index (χ4n) is 3.31. The van der Waals surface area contributed by atoms with Gasteiger partial charge < -0.3 is 24.3 Å². The summed E-state index contributed by atoms with van der Waals surface area (Å²) in [5, 5.41) is 2.52. The summed E-state index contributed by atoms with van der Waals surface area (Å²) in [5.74, 6) is -0.972. The van der Waals surface area contributed by atoms with Crippen molar-refractivity contribution in [2.75, 3.05) is 13.2 Å². The first kappa shape index (κ1) is 25.4. The minimum Gasteiger partial charge on any atom is -0.494 e. The van der Waals surface area contributed by atoms with Crippen LogP contribution in [0.4, 0.5) is 4.79 Å². The molecule has 0 aromatic heterocycles. The Hall–Kier alpha value is -2.87. The van der Waals surface area contributed by atoms with Crippen molar-refractivity contribution in [1.82, 2.24) is 5.32 Å². The second kappa shape index (κ2) is 11.7. The lowest BCUT2D eigenvalue weighted by atomic mass is 9.91. The number of hydrogen-bond acceptors (Lipinski definition) is 7. The molecule has 4 unspecified atom stereocenters. The van der Waals surface area contributed by atoms with E-state index < -0.39 is 35.9 Å². The van der Waals surface area contributed by atoms with Gasteiger partial charge in [0.25, 0.3) is 0 Å². The molecular weight excluding hydrogens is 414 g/mol. The van der Waals surface area contributed by atoms with Crippen molar-refractivity contribution >= 4 is 17.8 Å². The van der Waals surface area contributed by atoms with E-state index in [0.29, 0.717) is 6.42 Å². The average molecular weight is 448 g/mol. The number of allylic oxidation sites excluding steroid dienone is 1. The van der Waals surface area contributed by atoms with Crippen LogP contribution in [0.2, 0.25) is 0 Å². The van der Waals surface area contributed by atoms with Gasteiger partial charge in [-0.15, -0.1) is 0 Å². The maximum absolute atomic E-state index is 12.7. The molecule has 1 fully saturated rings. The van der Waals surface area contributed by atoms with Gasteiger partial charge in [0, 0.05) is 12.0 Å². The van der Waals surface area contributed by atoms with E-state index in [4.69, 9.17) is 18.9 Å². The molecule has 1 aromatic rings. The number of alkyl carbamates (subject to hydrolysis) is 1. The van der Waals surface area contributed by atoms with Crippen molar-refractivity contribution in [3.63, 3.8) is 0 Å². The third-order valence-corrected chi connectivity index (χ3v) is 4.70. The Morgan fingerprint density at radius 2 is 1.88 bits per heavy atom. The van der Waals surface area contributed by atoms with E-state index in [0.717, 1.165) is 5.56 Å². The molecule has 1 aliphatic heterocycles. The van der Waals surface area contributed by atoms with Gasteiger partial charge in [-0.3, -0.25) is 4.79 Å². The van der Waals surface area contributed by atoms with Crippen LogP contribution < -0.4 is 5.32 Å². The molecular formula is C24H33NO7. The number of cyclic esters (lactones) is 1. The lowest BCUT2D eigenvalue weighted by Crippen LogP contribution is -2.47. The lowest BCUT2D eigenvalue weighted by molar-refractivity contribution is -0.157. The topological polar surface area (TPSA) is 100 Å². The summed E-state index contributed by atoms with van der Waals surface area (Å²) in [6.45, 7) is 8.54. The maximum atomic E-state index is 12.7. The standard InChI is InChI=1S/C24H33NO7/c1-16(26)11-12-30-21-17(2)31-22(27)20(25-23(28)32-24(3,4)5)15-29-14-19(21)13-18-9-7-6-8-10-18/h6-12,17,19-21H,13-15H2,1-5H3,(H,25,28). The van der Waals surface area contributed by atoms with E-state index >= 15 is 0 Å². The summed E-state index contributed by atoms with van der Waals surface area (Å²) >= 11 is 0. The zero-order chi connectivity index (χ0) is 23.7. The Morgan fingerprint density at radius 3 is 2.50 bits per heavy atom. The zero-order valence-electron chi connectivity index (χ0n) is 19.3. The van der Waals surface area contributed by atoms with Crippen LogP contribution in [0.1, 0.15) is 40.2 Å². The van der Waals surface area contributed by atoms with Crippen LogP contribution in [0.3, 0.4) is 0 Å². The normalized spacial score (nSPS) is 24.6. The van der Waals surface area contributed by atoms with E-state index in [-0.39, 0.29) is 24.9 Å². The third kappa shape index (κ3) is 8.70. The number of esters is 1. The molecule has 0 bridgehead atoms. The number of amides is 1. The Labute approximate surface area is 189 Å². The highest BCUT2D eigenvalue weighted by Gasteiger charge is 2.36. The van der Waals surface area contributed by atoms with Crippen molar-refractivity contribution in [2.45, 2.75) is 64.9 Å². The largest absolute Gasteiger partial charge is 0.494 e. The highest BCUT2D eigenvalue weighted by atomic mass is 16.6. The number of carbonyl (C=O) groups is 3. The predicted octanol–water partition coefficient (Wildman–Crippen LogP) is 3.19. The molecule has 0 radical (unpaired) electrons. The quantitative estimate of drug-likeness (QED) is 0.406. The van der Waals surface area contributed by atoms with Gasteiger partial charge in [-0.05, 0) is 46.6 Å². The molecule has 8 nitrogen and oxygen atoms in total. The molecule has 1 heterocycles. The Bertz CT molecular complexity index is 800. The van der Waals surface area contributed by atoms with E-state index in [1.54, 1.807) is 27.7 Å². The van der Waals surface area contributed by atoms with Crippen molar-refractivity contribution in [3.8, 4) is 0 Å². The molecule has 1 aromatic carbocycles. The van der Waals surface area contributed by atoms with Gasteiger partial charge in [-0.1, -0.05) is 30.3 Å². The zero-order valence-corrected chi connectivity index (χ0v) is 19.3. The maximum Gasteiger partial charge on any atom is 0.408 e. The first-order valence-corrected chi connectivity index (χ1v) is 10.7. The van der Waals surface area contributed by atoms with Crippen LogP contribution in [-0.4, -0.2) is 54.9 Å². The van der Waals surface area contributed by atoms with Gasteiger partial charge in [0.15, 0.2) is 11.8 Å². The molecule has 176 valence electrons. The molecule has 2 rings (SSSR count). The highest BCUT2D eigenvalue weighted by molar-refractivity contribution is 5.86. The number of nitrogens with one attached hydrogen (secondary N) is 1. The van der Waals surface area contributed by atoms with E-state index in [1.807, 2.05) is 30.3 Å². The van der Waals surface area contributed by atoms with Gasteiger partial charge in [0.1, 0.15) is 17.8 Å². The van der Waals surface area contributed by atoms with Crippen molar-refractivity contribution in [1.29, 1.82) is 0 Å². The summed E-state index contributed by atoms with van der Waals surface area (Å²) in [4.78, 5) is 36.2. The van der Waals surface area contributed by atoms with E-state index in [1.165, 1.54) is 19.3 Å². The lowest BCUT2D eigenvalue weighted by Gasteiger charge is -2.30. The monoisotopic (exact) mass is 447 g/mol. The van der Waals surface area contributed by atoms with Crippen molar-refractivity contribution < 1.29 is 33.3 Å². The number of ether oxygens (including phenoxy) is 4. The fraction of sp³-hybridized carbons (Fsp3) is 0.542. The minimum absolute atomic E-state index is 0.0634. The van der Waals surface area contributed by atoms with E-state index in [2.05, 4.69) is 5.32 Å². The van der Waals surface area contributed by atoms with Crippen LogP contribution in [-0.2, 0) is 35.0 Å². The van der Waals surface area contributed by atoms with Gasteiger partial charge >= 0.3 is 12.1 Å². The van der Waals surface area contributed by atoms with Crippen molar-refractivity contribution in [2.24, 2.45) is 5.92 Å². The van der Waals surface area contributed by atoms with E-state index in [9.17, 15) is 14.4 Å². The summed E-state index contributed by atoms with van der Waals surface area (Å²) in [6.07, 6.45) is 1.31. The summed E-state index contributed by atoms with van der Waals surface area (Å²) in [7, 11) is 0. The van der Waals surface area contributed by atoms with Gasteiger partial charge in [0.2, 0.25) is 0 Å². The van der Waals surface area contributed by atoms with Crippen LogP contribution in [0.25, 0.3) is 0 Å². The first-order valence-electron chi connectivity index (χ1n) is 10.7. The Balaban J connectivity index is 2.19. The molecule has 4 atom stereocenters. The molecule has 0 aliphatic carbocycles. The van der Waals surface area contributed by atoms with Gasteiger partial charge in [0.05, 0.1) is 19.5 Å². The molecule has 1 amide bonds. The molecule has 1 N–H and O–H groups in total. The molecule has 0 spiro atoms. The third-order valence-electron chi connectivity index (χ3n) is 4.70. The molecule has 1 aliphatic rings. The summed E-state index contributed by atoms with van der Waals surface area (Å²) < 4.78 is 22.5. The van der Waals surface area contributed by atoms with Crippen molar-refractivity contribution in [3.05, 3.63) is 48.2 Å². The molecule has 1 saturated heterocycles. The minimum atomic E-state index is -1.02. The number of carbonyl (C=O) groups excluding carboxylic acids is 3. The second-order valence-corrected chi connectivity index (χ2v) is 8.84. The predicted molar refractivity (Wildman–Crippen MR) is 118 cm³/mol. The van der Waals surface area contributed by atoms with Crippen LogP contribution >= 0.6 is 0 Å². The molecule has 8 heteroatoms. The SMILES string of the molecule is CC(=O)C=COC1C(Cc2ccccc2)COCC(NC(=O)OC(C)(C)C)C(=O)OC1C. The summed E-state index contributed by atoms with van der Waals surface area (Å²) in [6, 6.07) is 8.81. The number of rotatable bonds is 6.